The average Bonchev–Trinajstić information content (AvgIpc) is 2.97. The minimum absolute atomic E-state index is 0.727. The molecule has 0 aliphatic carbocycles. The van der Waals surface area contributed by atoms with E-state index in [-0.39, 0.29) is 0 Å². The van der Waals surface area contributed by atoms with Crippen molar-refractivity contribution in [1.29, 1.82) is 0 Å². The van der Waals surface area contributed by atoms with E-state index in [1.54, 1.807) is 12.5 Å². The number of hydrogen-bond acceptors (Lipinski definition) is 3. The Balaban J connectivity index is 2.04. The number of rotatable bonds is 3. The molecule has 100 valence electrons. The van der Waals surface area contributed by atoms with E-state index in [9.17, 15) is 4.21 Å². The zero-order chi connectivity index (χ0) is 13.9. The molecule has 1 unspecified atom stereocenters. The van der Waals surface area contributed by atoms with Crippen molar-refractivity contribution in [2.75, 3.05) is 6.26 Å². The molecule has 3 aromatic rings. The molecule has 0 bridgehead atoms. The smallest absolute Gasteiger partial charge is 0.174 e. The van der Waals surface area contributed by atoms with Crippen molar-refractivity contribution in [1.82, 2.24) is 5.16 Å². The van der Waals surface area contributed by atoms with Crippen LogP contribution in [0.1, 0.15) is 0 Å². The average molecular weight is 283 g/mol. The molecular weight excluding hydrogens is 270 g/mol. The molecule has 1 aromatic heterocycles. The van der Waals surface area contributed by atoms with E-state index >= 15 is 0 Å². The molecule has 2 aromatic carbocycles. The van der Waals surface area contributed by atoms with Gasteiger partial charge in [-0.05, 0) is 29.8 Å². The zero-order valence-corrected chi connectivity index (χ0v) is 11.8. The third kappa shape index (κ3) is 2.42. The van der Waals surface area contributed by atoms with Crippen LogP contribution in [0.15, 0.2) is 70.2 Å². The van der Waals surface area contributed by atoms with Gasteiger partial charge in [-0.15, -0.1) is 0 Å². The van der Waals surface area contributed by atoms with E-state index in [1.165, 1.54) is 0 Å². The second-order valence-corrected chi connectivity index (χ2v) is 5.79. The van der Waals surface area contributed by atoms with Gasteiger partial charge in [-0.25, -0.2) is 0 Å². The van der Waals surface area contributed by atoms with Crippen molar-refractivity contribution < 1.29 is 8.73 Å². The van der Waals surface area contributed by atoms with Crippen molar-refractivity contribution in [3.63, 3.8) is 0 Å². The molecule has 0 saturated heterocycles. The molecule has 0 aliphatic heterocycles. The highest BCUT2D eigenvalue weighted by Gasteiger charge is 2.12. The van der Waals surface area contributed by atoms with Gasteiger partial charge in [0.15, 0.2) is 5.76 Å². The van der Waals surface area contributed by atoms with Crippen LogP contribution in [0.2, 0.25) is 0 Å². The quantitative estimate of drug-likeness (QED) is 0.735. The van der Waals surface area contributed by atoms with Gasteiger partial charge in [-0.2, -0.15) is 0 Å². The summed E-state index contributed by atoms with van der Waals surface area (Å²) in [5.41, 5.74) is 2.94. The van der Waals surface area contributed by atoms with Crippen molar-refractivity contribution in [2.45, 2.75) is 4.90 Å². The van der Waals surface area contributed by atoms with Crippen LogP contribution in [0.4, 0.5) is 0 Å². The van der Waals surface area contributed by atoms with Gasteiger partial charge in [0.25, 0.3) is 0 Å². The fourth-order valence-corrected chi connectivity index (χ4v) is 2.59. The van der Waals surface area contributed by atoms with Gasteiger partial charge >= 0.3 is 0 Å². The molecule has 3 nitrogen and oxygen atoms in total. The zero-order valence-electron chi connectivity index (χ0n) is 10.9. The molecule has 1 atom stereocenters. The van der Waals surface area contributed by atoms with E-state index in [4.69, 9.17) is 4.52 Å². The highest BCUT2D eigenvalue weighted by Crippen LogP contribution is 2.32. The summed E-state index contributed by atoms with van der Waals surface area (Å²) < 4.78 is 16.8. The molecule has 0 saturated carbocycles. The van der Waals surface area contributed by atoms with E-state index in [0.29, 0.717) is 0 Å². The van der Waals surface area contributed by atoms with E-state index < -0.39 is 10.8 Å². The molecule has 0 radical (unpaired) electrons. The third-order valence-electron chi connectivity index (χ3n) is 3.10. The van der Waals surface area contributed by atoms with Gasteiger partial charge in [0, 0.05) is 33.1 Å². The van der Waals surface area contributed by atoms with Crippen LogP contribution in [0, 0.1) is 0 Å². The lowest BCUT2D eigenvalue weighted by molar-refractivity contribution is 0.432. The fraction of sp³-hybridized carbons (Fsp3) is 0.0625. The first-order chi connectivity index (χ1) is 9.75. The lowest BCUT2D eigenvalue weighted by Gasteiger charge is -2.02. The first-order valence-corrected chi connectivity index (χ1v) is 7.75. The van der Waals surface area contributed by atoms with Crippen molar-refractivity contribution >= 4 is 10.8 Å². The van der Waals surface area contributed by atoms with Crippen LogP contribution < -0.4 is 0 Å². The normalized spacial score (nSPS) is 12.2. The van der Waals surface area contributed by atoms with Crippen LogP contribution in [0.25, 0.3) is 22.5 Å². The summed E-state index contributed by atoms with van der Waals surface area (Å²) in [4.78, 5) is 0.800. The summed E-state index contributed by atoms with van der Waals surface area (Å²) in [5.74, 6) is 0.727. The van der Waals surface area contributed by atoms with E-state index in [1.807, 2.05) is 54.6 Å². The Hall–Kier alpha value is -2.20. The number of hydrogen-bond donors (Lipinski definition) is 0. The predicted molar refractivity (Wildman–Crippen MR) is 79.7 cm³/mol. The van der Waals surface area contributed by atoms with E-state index in [0.717, 1.165) is 27.3 Å². The summed E-state index contributed by atoms with van der Waals surface area (Å²) in [7, 11) is -0.972. The van der Waals surface area contributed by atoms with Gasteiger partial charge in [0.2, 0.25) is 0 Å². The Morgan fingerprint density at radius 2 is 1.65 bits per heavy atom. The Morgan fingerprint density at radius 3 is 2.30 bits per heavy atom. The topological polar surface area (TPSA) is 43.1 Å². The molecule has 0 aliphatic rings. The maximum absolute atomic E-state index is 11.4. The van der Waals surface area contributed by atoms with Gasteiger partial charge < -0.3 is 4.52 Å². The van der Waals surface area contributed by atoms with Crippen molar-refractivity contribution in [3.8, 4) is 22.5 Å². The molecule has 0 N–H and O–H groups in total. The monoisotopic (exact) mass is 283 g/mol. The number of aromatic nitrogens is 1. The van der Waals surface area contributed by atoms with Crippen LogP contribution >= 0.6 is 0 Å². The molecule has 0 amide bonds. The SMILES string of the molecule is CS(=O)c1ccc(-c2oncc2-c2ccccc2)cc1. The second kappa shape index (κ2) is 5.43. The number of nitrogens with zero attached hydrogens (tertiary/aromatic N) is 1. The Labute approximate surface area is 119 Å². The largest absolute Gasteiger partial charge is 0.356 e. The molecule has 3 rings (SSSR count). The third-order valence-corrected chi connectivity index (χ3v) is 4.04. The Bertz CT molecular complexity index is 733. The van der Waals surface area contributed by atoms with Gasteiger partial charge in [0.05, 0.1) is 6.20 Å². The lowest BCUT2D eigenvalue weighted by atomic mass is 10.0. The van der Waals surface area contributed by atoms with Crippen LogP contribution in [0.3, 0.4) is 0 Å². The summed E-state index contributed by atoms with van der Waals surface area (Å²) in [6.07, 6.45) is 3.38. The van der Waals surface area contributed by atoms with Gasteiger partial charge in [-0.3, -0.25) is 4.21 Å². The molecule has 20 heavy (non-hydrogen) atoms. The first-order valence-electron chi connectivity index (χ1n) is 6.19. The van der Waals surface area contributed by atoms with Gasteiger partial charge in [0.1, 0.15) is 0 Å². The second-order valence-electron chi connectivity index (χ2n) is 4.41. The van der Waals surface area contributed by atoms with Crippen LogP contribution in [-0.2, 0) is 10.8 Å². The minimum Gasteiger partial charge on any atom is -0.356 e. The highest BCUT2D eigenvalue weighted by molar-refractivity contribution is 7.84. The summed E-state index contributed by atoms with van der Waals surface area (Å²) >= 11 is 0. The standard InChI is InChI=1S/C16H13NO2S/c1-20(18)14-9-7-13(8-10-14)16-15(11-17-19-16)12-5-3-2-4-6-12/h2-11H,1H3. The van der Waals surface area contributed by atoms with Crippen molar-refractivity contribution in [3.05, 3.63) is 60.8 Å². The summed E-state index contributed by atoms with van der Waals surface area (Å²) in [6.45, 7) is 0. The summed E-state index contributed by atoms with van der Waals surface area (Å²) in [5, 5.41) is 3.90. The predicted octanol–water partition coefficient (Wildman–Crippen LogP) is 3.75. The maximum atomic E-state index is 11.4. The lowest BCUT2D eigenvalue weighted by Crippen LogP contribution is -1.87. The Morgan fingerprint density at radius 1 is 0.950 bits per heavy atom. The first kappa shape index (κ1) is 12.8. The molecule has 0 fully saturated rings. The molecular formula is C16H13NO2S. The van der Waals surface area contributed by atoms with Crippen molar-refractivity contribution in [2.24, 2.45) is 0 Å². The fourth-order valence-electron chi connectivity index (χ4n) is 2.07. The number of benzene rings is 2. The van der Waals surface area contributed by atoms with Crippen LogP contribution in [0.5, 0.6) is 0 Å². The van der Waals surface area contributed by atoms with E-state index in [2.05, 4.69) is 5.16 Å². The molecule has 4 heteroatoms. The molecule has 1 heterocycles. The Kier molecular flexibility index (Phi) is 3.48. The van der Waals surface area contributed by atoms with Gasteiger partial charge in [-0.1, -0.05) is 35.5 Å². The highest BCUT2D eigenvalue weighted by atomic mass is 32.2. The maximum Gasteiger partial charge on any atom is 0.174 e. The minimum atomic E-state index is -0.972. The summed E-state index contributed by atoms with van der Waals surface area (Å²) in [6, 6.07) is 17.5. The molecule has 0 spiro atoms. The van der Waals surface area contributed by atoms with Crippen LogP contribution in [-0.4, -0.2) is 15.6 Å².